The van der Waals surface area contributed by atoms with E-state index in [1.54, 1.807) is 6.92 Å². The van der Waals surface area contributed by atoms with Crippen molar-refractivity contribution < 1.29 is 19.1 Å². The van der Waals surface area contributed by atoms with Gasteiger partial charge in [0.15, 0.2) is 0 Å². The molecular formula is C5H13O4P. The Morgan fingerprint density at radius 1 is 1.60 bits per heavy atom. The standard InChI is InChI=1S/C5H13O4P/c1-3-5(2)9-4-10(6,7)8/h5H,3-4H2,1-2H3,(H2,6,7,8)/t5-/m0/s1. The zero-order valence-corrected chi connectivity index (χ0v) is 7.04. The van der Waals surface area contributed by atoms with Crippen molar-refractivity contribution >= 4 is 7.60 Å². The van der Waals surface area contributed by atoms with Crippen LogP contribution in [0.15, 0.2) is 0 Å². The molecule has 0 unspecified atom stereocenters. The van der Waals surface area contributed by atoms with E-state index in [0.717, 1.165) is 6.42 Å². The second-order valence-corrected chi connectivity index (χ2v) is 3.77. The van der Waals surface area contributed by atoms with Crippen molar-refractivity contribution in [2.45, 2.75) is 26.4 Å². The summed E-state index contributed by atoms with van der Waals surface area (Å²) in [5, 5.41) is 0. The van der Waals surface area contributed by atoms with Gasteiger partial charge in [0.1, 0.15) is 6.35 Å². The Morgan fingerprint density at radius 3 is 2.40 bits per heavy atom. The maximum absolute atomic E-state index is 10.2. The van der Waals surface area contributed by atoms with Gasteiger partial charge >= 0.3 is 7.60 Å². The van der Waals surface area contributed by atoms with E-state index in [1.807, 2.05) is 6.92 Å². The topological polar surface area (TPSA) is 66.8 Å². The van der Waals surface area contributed by atoms with Crippen molar-refractivity contribution in [3.05, 3.63) is 0 Å². The zero-order chi connectivity index (χ0) is 8.20. The van der Waals surface area contributed by atoms with E-state index in [-0.39, 0.29) is 6.10 Å². The normalized spacial score (nSPS) is 15.2. The minimum absolute atomic E-state index is 0.0763. The van der Waals surface area contributed by atoms with Gasteiger partial charge in [-0.15, -0.1) is 0 Å². The van der Waals surface area contributed by atoms with Crippen molar-refractivity contribution in [3.8, 4) is 0 Å². The van der Waals surface area contributed by atoms with Gasteiger partial charge in [0.25, 0.3) is 0 Å². The average Bonchev–Trinajstić information content (AvgIpc) is 1.81. The monoisotopic (exact) mass is 168 g/mol. The molecule has 0 spiro atoms. The lowest BCUT2D eigenvalue weighted by Gasteiger charge is -2.10. The maximum atomic E-state index is 10.2. The minimum atomic E-state index is -3.95. The van der Waals surface area contributed by atoms with Crippen LogP contribution >= 0.6 is 7.60 Å². The van der Waals surface area contributed by atoms with Crippen molar-refractivity contribution in [1.82, 2.24) is 0 Å². The van der Waals surface area contributed by atoms with Crippen LogP contribution in [0.3, 0.4) is 0 Å². The summed E-state index contributed by atoms with van der Waals surface area (Å²) >= 11 is 0. The number of rotatable bonds is 4. The van der Waals surface area contributed by atoms with Crippen LogP contribution in [0.1, 0.15) is 20.3 Å². The lowest BCUT2D eigenvalue weighted by atomic mass is 10.3. The molecule has 0 aromatic carbocycles. The molecule has 0 rings (SSSR count). The van der Waals surface area contributed by atoms with Crippen molar-refractivity contribution in [2.24, 2.45) is 0 Å². The first kappa shape index (κ1) is 10.1. The first-order valence-electron chi connectivity index (χ1n) is 3.12. The van der Waals surface area contributed by atoms with Gasteiger partial charge in [-0.2, -0.15) is 0 Å². The first-order valence-corrected chi connectivity index (χ1v) is 4.91. The van der Waals surface area contributed by atoms with E-state index in [0.29, 0.717) is 0 Å². The molecule has 0 bridgehead atoms. The molecule has 0 aliphatic rings. The molecule has 0 aliphatic heterocycles. The highest BCUT2D eigenvalue weighted by molar-refractivity contribution is 7.51. The fourth-order valence-electron chi connectivity index (χ4n) is 0.342. The summed E-state index contributed by atoms with van der Waals surface area (Å²) in [4.78, 5) is 16.7. The molecule has 0 aromatic heterocycles. The smallest absolute Gasteiger partial charge is 0.350 e. The molecule has 0 heterocycles. The Bertz CT molecular complexity index is 130. The summed E-state index contributed by atoms with van der Waals surface area (Å²) in [6.07, 6.45) is 0.217. The molecule has 4 nitrogen and oxygen atoms in total. The Morgan fingerprint density at radius 2 is 2.10 bits per heavy atom. The van der Waals surface area contributed by atoms with E-state index >= 15 is 0 Å². The largest absolute Gasteiger partial charge is 0.366 e. The molecule has 0 aliphatic carbocycles. The van der Waals surface area contributed by atoms with Gasteiger partial charge in [-0.3, -0.25) is 4.57 Å². The van der Waals surface area contributed by atoms with Crippen molar-refractivity contribution in [2.75, 3.05) is 6.35 Å². The van der Waals surface area contributed by atoms with Crippen LogP contribution < -0.4 is 0 Å². The summed E-state index contributed by atoms with van der Waals surface area (Å²) < 4.78 is 15.0. The fourth-order valence-corrected chi connectivity index (χ4v) is 0.791. The molecule has 2 N–H and O–H groups in total. The fraction of sp³-hybridized carbons (Fsp3) is 1.00. The van der Waals surface area contributed by atoms with Crippen LogP contribution in [-0.2, 0) is 9.30 Å². The molecule has 0 saturated heterocycles. The van der Waals surface area contributed by atoms with Gasteiger partial charge in [-0.1, -0.05) is 6.92 Å². The molecule has 0 amide bonds. The van der Waals surface area contributed by atoms with Crippen LogP contribution in [0.25, 0.3) is 0 Å². The van der Waals surface area contributed by atoms with Gasteiger partial charge in [0.05, 0.1) is 6.10 Å². The highest BCUT2D eigenvalue weighted by atomic mass is 31.2. The summed E-state index contributed by atoms with van der Waals surface area (Å²) in [7, 11) is -3.95. The van der Waals surface area contributed by atoms with Crippen molar-refractivity contribution in [1.29, 1.82) is 0 Å². The lowest BCUT2D eigenvalue weighted by Crippen LogP contribution is -2.07. The van der Waals surface area contributed by atoms with Gasteiger partial charge in [0.2, 0.25) is 0 Å². The summed E-state index contributed by atoms with van der Waals surface area (Å²) in [5.74, 6) is 0. The second-order valence-electron chi connectivity index (χ2n) is 2.18. The van der Waals surface area contributed by atoms with E-state index in [4.69, 9.17) is 14.5 Å². The third-order valence-corrected chi connectivity index (χ3v) is 1.59. The second kappa shape index (κ2) is 4.09. The Labute approximate surface area is 60.4 Å². The Kier molecular flexibility index (Phi) is 4.13. The molecule has 62 valence electrons. The van der Waals surface area contributed by atoms with E-state index in [2.05, 4.69) is 0 Å². The molecule has 0 aromatic rings. The molecule has 0 fully saturated rings. The predicted molar refractivity (Wildman–Crippen MR) is 37.7 cm³/mol. The molecule has 10 heavy (non-hydrogen) atoms. The van der Waals surface area contributed by atoms with Crippen LogP contribution in [-0.4, -0.2) is 22.2 Å². The van der Waals surface area contributed by atoms with E-state index < -0.39 is 13.9 Å². The van der Waals surface area contributed by atoms with Crippen LogP contribution in [0.2, 0.25) is 0 Å². The highest BCUT2D eigenvalue weighted by Crippen LogP contribution is 2.34. The van der Waals surface area contributed by atoms with Gasteiger partial charge < -0.3 is 14.5 Å². The van der Waals surface area contributed by atoms with Crippen LogP contribution in [0, 0.1) is 0 Å². The average molecular weight is 168 g/mol. The van der Waals surface area contributed by atoms with Crippen molar-refractivity contribution in [3.63, 3.8) is 0 Å². The SMILES string of the molecule is CC[C@H](C)OCP(=O)(O)O. The summed E-state index contributed by atoms with van der Waals surface area (Å²) in [6.45, 7) is 3.67. The van der Waals surface area contributed by atoms with E-state index in [9.17, 15) is 4.57 Å². The van der Waals surface area contributed by atoms with Gasteiger partial charge in [-0.25, -0.2) is 0 Å². The first-order chi connectivity index (χ1) is 4.45. The van der Waals surface area contributed by atoms with Gasteiger partial charge in [0, 0.05) is 0 Å². The quantitative estimate of drug-likeness (QED) is 0.613. The lowest BCUT2D eigenvalue weighted by molar-refractivity contribution is 0.0858. The molecule has 5 heteroatoms. The van der Waals surface area contributed by atoms with Crippen LogP contribution in [0.4, 0.5) is 0 Å². The molecular weight excluding hydrogens is 155 g/mol. The number of hydrogen-bond acceptors (Lipinski definition) is 2. The number of hydrogen-bond donors (Lipinski definition) is 2. The molecule has 0 radical (unpaired) electrons. The molecule has 0 saturated carbocycles. The predicted octanol–water partition coefficient (Wildman–Crippen LogP) is 0.937. The zero-order valence-electron chi connectivity index (χ0n) is 6.15. The van der Waals surface area contributed by atoms with E-state index in [1.165, 1.54) is 0 Å². The number of ether oxygens (including phenoxy) is 1. The summed E-state index contributed by atoms with van der Waals surface area (Å²) in [5.41, 5.74) is 0. The maximum Gasteiger partial charge on any atom is 0.350 e. The van der Waals surface area contributed by atoms with Gasteiger partial charge in [-0.05, 0) is 13.3 Å². The third kappa shape index (κ3) is 6.23. The molecule has 1 atom stereocenters. The third-order valence-electron chi connectivity index (χ3n) is 1.10. The highest BCUT2D eigenvalue weighted by Gasteiger charge is 2.13. The Balaban J connectivity index is 3.46. The minimum Gasteiger partial charge on any atom is -0.366 e. The summed E-state index contributed by atoms with van der Waals surface area (Å²) in [6, 6.07) is 0. The Hall–Kier alpha value is 0.110. The van der Waals surface area contributed by atoms with Crippen LogP contribution in [0.5, 0.6) is 0 Å².